The monoisotopic (exact) mass is 652 g/mol. The molecule has 3 heterocycles. The molecule has 0 radical (unpaired) electrons. The van der Waals surface area contributed by atoms with Gasteiger partial charge in [-0.1, -0.05) is 121 Å². The van der Waals surface area contributed by atoms with Crippen LogP contribution in [0.4, 0.5) is 11.4 Å². The molecule has 1 aliphatic heterocycles. The van der Waals surface area contributed by atoms with Gasteiger partial charge in [-0.15, -0.1) is 0 Å². The molecular formula is C48H32N2O. The maximum atomic E-state index is 6.68. The van der Waals surface area contributed by atoms with Crippen molar-refractivity contribution in [2.24, 2.45) is 0 Å². The molecule has 0 spiro atoms. The number of benzene rings is 7. The Morgan fingerprint density at radius 1 is 0.471 bits per heavy atom. The Morgan fingerprint density at radius 2 is 1.12 bits per heavy atom. The van der Waals surface area contributed by atoms with E-state index in [1.165, 1.54) is 77.6 Å². The Kier molecular flexibility index (Phi) is 6.08. The van der Waals surface area contributed by atoms with Gasteiger partial charge in [-0.05, 0) is 88.5 Å². The highest BCUT2D eigenvalue weighted by Crippen LogP contribution is 2.54. The number of rotatable bonds is 4. The maximum Gasteiger partial charge on any atom is 0.134 e. The summed E-state index contributed by atoms with van der Waals surface area (Å²) < 4.78 is 9.05. The Labute approximate surface area is 295 Å². The van der Waals surface area contributed by atoms with Crippen LogP contribution in [0.15, 0.2) is 180 Å². The van der Waals surface area contributed by atoms with E-state index in [1.54, 1.807) is 0 Å². The summed E-state index contributed by atoms with van der Waals surface area (Å²) in [6.45, 7) is 0. The van der Waals surface area contributed by atoms with Gasteiger partial charge < -0.3 is 13.9 Å². The molecule has 2 aromatic heterocycles. The van der Waals surface area contributed by atoms with Crippen LogP contribution >= 0.6 is 0 Å². The number of anilines is 2. The number of nitrogens with zero attached hydrogens (tertiary/aromatic N) is 2. The van der Waals surface area contributed by atoms with Crippen molar-refractivity contribution in [1.29, 1.82) is 0 Å². The fourth-order valence-corrected chi connectivity index (χ4v) is 8.64. The smallest absolute Gasteiger partial charge is 0.134 e. The summed E-state index contributed by atoms with van der Waals surface area (Å²) in [7, 11) is 0. The summed E-state index contributed by atoms with van der Waals surface area (Å²) in [5.74, 6) is 1.14. The third-order valence-corrected chi connectivity index (χ3v) is 10.9. The topological polar surface area (TPSA) is 21.3 Å². The van der Waals surface area contributed by atoms with Crippen LogP contribution in [-0.4, -0.2) is 10.6 Å². The van der Waals surface area contributed by atoms with Crippen LogP contribution in [0.2, 0.25) is 0 Å². The Hall–Kier alpha value is -6.58. The van der Waals surface area contributed by atoms with Crippen LogP contribution in [0.5, 0.6) is 0 Å². The van der Waals surface area contributed by atoms with E-state index >= 15 is 0 Å². The molecule has 0 bridgehead atoms. The lowest BCUT2D eigenvalue weighted by atomic mass is 9.84. The fourth-order valence-electron chi connectivity index (χ4n) is 8.64. The Morgan fingerprint density at radius 3 is 1.96 bits per heavy atom. The van der Waals surface area contributed by atoms with Gasteiger partial charge in [0.05, 0.1) is 23.0 Å². The van der Waals surface area contributed by atoms with Gasteiger partial charge in [0.15, 0.2) is 0 Å². The SMILES string of the molecule is C1=CC2C(c3cc(-c4ccccc4)ccc3N2c2ccc(-c3ccc4c(c3)c3ccccc3n4-c3ccccc3)cc2)c2oc3ccccc3c21. The second kappa shape index (κ2) is 11.0. The molecular weight excluding hydrogens is 621 g/mol. The maximum absolute atomic E-state index is 6.68. The van der Waals surface area contributed by atoms with Crippen LogP contribution in [0, 0.1) is 0 Å². The molecule has 9 aromatic rings. The summed E-state index contributed by atoms with van der Waals surface area (Å²) in [6.07, 6.45) is 4.65. The first kappa shape index (κ1) is 28.3. The fraction of sp³-hybridized carbons (Fsp3) is 0.0417. The lowest BCUT2D eigenvalue weighted by Crippen LogP contribution is -2.30. The second-order valence-corrected chi connectivity index (χ2v) is 13.7. The summed E-state index contributed by atoms with van der Waals surface area (Å²) in [5, 5.41) is 3.70. The molecule has 0 saturated carbocycles. The molecule has 2 atom stereocenters. The number of hydrogen-bond donors (Lipinski definition) is 0. The second-order valence-electron chi connectivity index (χ2n) is 13.7. The van der Waals surface area contributed by atoms with Crippen molar-refractivity contribution in [3.63, 3.8) is 0 Å². The van der Waals surface area contributed by atoms with E-state index < -0.39 is 0 Å². The van der Waals surface area contributed by atoms with Crippen molar-refractivity contribution >= 4 is 50.2 Å². The van der Waals surface area contributed by atoms with Crippen molar-refractivity contribution in [3.8, 4) is 27.9 Å². The van der Waals surface area contributed by atoms with E-state index in [0.29, 0.717) is 0 Å². The lowest BCUT2D eigenvalue weighted by Gasteiger charge is -2.30. The molecule has 0 saturated heterocycles. The molecule has 7 aromatic carbocycles. The first-order valence-corrected chi connectivity index (χ1v) is 17.7. The predicted molar refractivity (Wildman–Crippen MR) is 211 cm³/mol. The predicted octanol–water partition coefficient (Wildman–Crippen LogP) is 12.5. The van der Waals surface area contributed by atoms with Gasteiger partial charge in [0, 0.05) is 38.8 Å². The van der Waals surface area contributed by atoms with Gasteiger partial charge in [0.25, 0.3) is 0 Å². The zero-order valence-electron chi connectivity index (χ0n) is 27.8. The third-order valence-electron chi connectivity index (χ3n) is 10.9. The molecule has 2 aliphatic rings. The number of furan rings is 1. The summed E-state index contributed by atoms with van der Waals surface area (Å²) in [4.78, 5) is 2.50. The molecule has 3 heteroatoms. The number of para-hydroxylation sites is 3. The van der Waals surface area contributed by atoms with E-state index in [2.05, 4.69) is 191 Å². The van der Waals surface area contributed by atoms with E-state index in [0.717, 1.165) is 11.3 Å². The van der Waals surface area contributed by atoms with Crippen molar-refractivity contribution in [2.45, 2.75) is 12.0 Å². The van der Waals surface area contributed by atoms with Gasteiger partial charge in [-0.25, -0.2) is 0 Å². The molecule has 3 nitrogen and oxygen atoms in total. The summed E-state index contributed by atoms with van der Waals surface area (Å²) in [5.41, 5.74) is 14.3. The van der Waals surface area contributed by atoms with E-state index in [-0.39, 0.29) is 12.0 Å². The van der Waals surface area contributed by atoms with Crippen LogP contribution in [0.25, 0.3) is 66.8 Å². The first-order chi connectivity index (χ1) is 25.3. The van der Waals surface area contributed by atoms with Crippen LogP contribution < -0.4 is 4.90 Å². The molecule has 2 unspecified atom stereocenters. The number of aromatic nitrogens is 1. The van der Waals surface area contributed by atoms with Gasteiger partial charge >= 0.3 is 0 Å². The zero-order chi connectivity index (χ0) is 33.5. The van der Waals surface area contributed by atoms with Gasteiger partial charge in [-0.2, -0.15) is 0 Å². The molecule has 240 valence electrons. The largest absolute Gasteiger partial charge is 0.460 e. The van der Waals surface area contributed by atoms with Gasteiger partial charge in [-0.3, -0.25) is 0 Å². The molecule has 0 amide bonds. The quantitative estimate of drug-likeness (QED) is 0.189. The average molecular weight is 653 g/mol. The molecule has 0 fully saturated rings. The Bertz CT molecular complexity index is 2810. The number of fused-ring (bicyclic) bond motifs is 10. The van der Waals surface area contributed by atoms with Gasteiger partial charge in [0.2, 0.25) is 0 Å². The normalized spacial score (nSPS) is 16.1. The molecule has 1 aliphatic carbocycles. The van der Waals surface area contributed by atoms with Crippen molar-refractivity contribution in [1.82, 2.24) is 4.57 Å². The van der Waals surface area contributed by atoms with E-state index in [1.807, 2.05) is 0 Å². The highest BCUT2D eigenvalue weighted by atomic mass is 16.3. The van der Waals surface area contributed by atoms with E-state index in [9.17, 15) is 0 Å². The van der Waals surface area contributed by atoms with Crippen LogP contribution in [0.1, 0.15) is 22.8 Å². The molecule has 51 heavy (non-hydrogen) atoms. The lowest BCUT2D eigenvalue weighted by molar-refractivity contribution is 0.505. The van der Waals surface area contributed by atoms with Crippen molar-refractivity contribution in [3.05, 3.63) is 193 Å². The number of hydrogen-bond acceptors (Lipinski definition) is 2. The minimum absolute atomic E-state index is 0.0834. The highest BCUT2D eigenvalue weighted by molar-refractivity contribution is 6.10. The first-order valence-electron chi connectivity index (χ1n) is 17.7. The zero-order valence-corrected chi connectivity index (χ0v) is 27.8. The minimum Gasteiger partial charge on any atom is -0.460 e. The van der Waals surface area contributed by atoms with Crippen molar-refractivity contribution in [2.75, 3.05) is 4.90 Å². The summed E-state index contributed by atoms with van der Waals surface area (Å²) >= 11 is 0. The molecule has 11 rings (SSSR count). The van der Waals surface area contributed by atoms with Gasteiger partial charge in [0.1, 0.15) is 11.3 Å². The standard InChI is InChI=1S/C48H32N2O/c1-3-11-31(12-4-1)34-22-27-44-41(30-34)47-45(28-25-39-38-16-8-10-18-46(38)51-48(39)47)50(44)36-23-19-32(20-24-36)33-21-26-43-40(29-33)37-15-7-9-17-42(37)49(43)35-13-5-2-6-14-35/h1-30,45,47H. The highest BCUT2D eigenvalue weighted by Gasteiger charge is 2.44. The third kappa shape index (κ3) is 4.25. The van der Waals surface area contributed by atoms with E-state index in [4.69, 9.17) is 4.42 Å². The van der Waals surface area contributed by atoms with Crippen LogP contribution in [0.3, 0.4) is 0 Å². The van der Waals surface area contributed by atoms with Crippen molar-refractivity contribution < 1.29 is 4.42 Å². The average Bonchev–Trinajstić information content (AvgIpc) is 3.86. The Balaban J connectivity index is 1.02. The minimum atomic E-state index is 0.0834. The summed E-state index contributed by atoms with van der Waals surface area (Å²) in [6, 6.07) is 61.5. The van der Waals surface area contributed by atoms with Crippen LogP contribution in [-0.2, 0) is 0 Å². The molecule has 0 N–H and O–H groups in total.